The van der Waals surface area contributed by atoms with Crippen molar-refractivity contribution in [2.75, 3.05) is 20.2 Å². The minimum absolute atomic E-state index is 0.0908. The molecule has 0 radical (unpaired) electrons. The first-order chi connectivity index (χ1) is 12.1. The van der Waals surface area contributed by atoms with Gasteiger partial charge in [-0.15, -0.1) is 0 Å². The number of methoxy groups -OCH3 is 1. The normalized spacial score (nSPS) is 16.9. The highest BCUT2D eigenvalue weighted by Gasteiger charge is 2.28. The SMILES string of the molecule is COc1nccnc1OC1CCN(C(=O)CCc2c(C)n[nH]c2C)C1. The van der Waals surface area contributed by atoms with E-state index in [9.17, 15) is 4.79 Å². The molecule has 3 rings (SSSR count). The van der Waals surface area contributed by atoms with Gasteiger partial charge in [-0.2, -0.15) is 5.10 Å². The fourth-order valence-electron chi connectivity index (χ4n) is 3.07. The Morgan fingerprint density at radius 3 is 2.76 bits per heavy atom. The molecule has 0 saturated carbocycles. The van der Waals surface area contributed by atoms with Gasteiger partial charge < -0.3 is 14.4 Å². The topological polar surface area (TPSA) is 93.2 Å². The van der Waals surface area contributed by atoms with Gasteiger partial charge in [0.2, 0.25) is 5.91 Å². The lowest BCUT2D eigenvalue weighted by atomic mass is 10.1. The fraction of sp³-hybridized carbons (Fsp3) is 0.529. The van der Waals surface area contributed by atoms with Crippen molar-refractivity contribution in [3.63, 3.8) is 0 Å². The Morgan fingerprint density at radius 1 is 1.32 bits per heavy atom. The van der Waals surface area contributed by atoms with Crippen LogP contribution in [0.2, 0.25) is 0 Å². The number of ether oxygens (including phenoxy) is 2. The maximum absolute atomic E-state index is 12.5. The number of hydrogen-bond donors (Lipinski definition) is 1. The monoisotopic (exact) mass is 345 g/mol. The summed E-state index contributed by atoms with van der Waals surface area (Å²) in [6, 6.07) is 0. The lowest BCUT2D eigenvalue weighted by molar-refractivity contribution is -0.130. The van der Waals surface area contributed by atoms with Crippen LogP contribution in [0, 0.1) is 13.8 Å². The van der Waals surface area contributed by atoms with Gasteiger partial charge in [-0.1, -0.05) is 0 Å². The molecule has 134 valence electrons. The molecule has 0 aliphatic carbocycles. The number of nitrogens with zero attached hydrogens (tertiary/aromatic N) is 4. The molecule has 1 fully saturated rings. The Labute approximate surface area is 146 Å². The highest BCUT2D eigenvalue weighted by molar-refractivity contribution is 5.76. The summed E-state index contributed by atoms with van der Waals surface area (Å²) in [6.07, 6.45) is 4.97. The Kier molecular flexibility index (Phi) is 5.16. The molecule has 8 nitrogen and oxygen atoms in total. The molecule has 1 aliphatic rings. The van der Waals surface area contributed by atoms with Crippen LogP contribution in [0.1, 0.15) is 29.8 Å². The smallest absolute Gasteiger partial charge is 0.278 e. The number of carbonyl (C=O) groups is 1. The van der Waals surface area contributed by atoms with Crippen molar-refractivity contribution in [3.8, 4) is 11.8 Å². The Morgan fingerprint density at radius 2 is 2.08 bits per heavy atom. The number of H-pyrrole nitrogens is 1. The fourth-order valence-corrected chi connectivity index (χ4v) is 3.07. The van der Waals surface area contributed by atoms with E-state index in [-0.39, 0.29) is 12.0 Å². The van der Waals surface area contributed by atoms with Crippen molar-refractivity contribution in [2.45, 2.75) is 39.2 Å². The van der Waals surface area contributed by atoms with Crippen LogP contribution in [0.3, 0.4) is 0 Å². The molecule has 1 aliphatic heterocycles. The second-order valence-corrected chi connectivity index (χ2v) is 6.15. The molecule has 1 atom stereocenters. The lowest BCUT2D eigenvalue weighted by Crippen LogP contribution is -2.31. The molecule has 1 saturated heterocycles. The summed E-state index contributed by atoms with van der Waals surface area (Å²) in [5.41, 5.74) is 3.12. The maximum atomic E-state index is 12.5. The van der Waals surface area contributed by atoms with Crippen LogP contribution in [0.15, 0.2) is 12.4 Å². The Hall–Kier alpha value is -2.64. The number of hydrogen-bond acceptors (Lipinski definition) is 6. The molecule has 3 heterocycles. The first kappa shape index (κ1) is 17.2. The van der Waals surface area contributed by atoms with Gasteiger partial charge in [0.15, 0.2) is 0 Å². The van der Waals surface area contributed by atoms with E-state index in [1.54, 1.807) is 12.4 Å². The van der Waals surface area contributed by atoms with E-state index in [4.69, 9.17) is 9.47 Å². The third kappa shape index (κ3) is 3.89. The molecule has 1 amide bonds. The van der Waals surface area contributed by atoms with Gasteiger partial charge in [0.25, 0.3) is 11.8 Å². The summed E-state index contributed by atoms with van der Waals surface area (Å²) >= 11 is 0. The minimum Gasteiger partial charge on any atom is -0.477 e. The van der Waals surface area contributed by atoms with Crippen LogP contribution in [0.25, 0.3) is 0 Å². The summed E-state index contributed by atoms with van der Waals surface area (Å²) in [5.74, 6) is 0.865. The van der Waals surface area contributed by atoms with Gasteiger partial charge in [-0.05, 0) is 25.8 Å². The Bertz CT molecular complexity index is 726. The largest absolute Gasteiger partial charge is 0.477 e. The zero-order valence-corrected chi connectivity index (χ0v) is 14.8. The number of aromatic amines is 1. The summed E-state index contributed by atoms with van der Waals surface area (Å²) < 4.78 is 11.0. The average molecular weight is 345 g/mol. The van der Waals surface area contributed by atoms with E-state index in [1.807, 2.05) is 18.7 Å². The molecule has 0 bridgehead atoms. The van der Waals surface area contributed by atoms with E-state index in [1.165, 1.54) is 7.11 Å². The summed E-state index contributed by atoms with van der Waals surface area (Å²) in [6.45, 7) is 5.18. The van der Waals surface area contributed by atoms with E-state index in [0.717, 1.165) is 23.4 Å². The van der Waals surface area contributed by atoms with Crippen molar-refractivity contribution in [2.24, 2.45) is 0 Å². The van der Waals surface area contributed by atoms with Crippen LogP contribution < -0.4 is 9.47 Å². The molecule has 1 N–H and O–H groups in total. The van der Waals surface area contributed by atoms with Crippen LogP contribution in [0.4, 0.5) is 0 Å². The second kappa shape index (κ2) is 7.50. The first-order valence-corrected chi connectivity index (χ1v) is 8.38. The molecule has 2 aromatic heterocycles. The third-order valence-electron chi connectivity index (χ3n) is 4.47. The standard InChI is InChI=1S/C17H23N5O3/c1-11-14(12(2)21-20-11)4-5-15(23)22-9-6-13(10-22)25-17-16(24-3)18-7-8-19-17/h7-8,13H,4-6,9-10H2,1-3H3,(H,20,21). The Balaban J connectivity index is 1.53. The molecule has 2 aromatic rings. The second-order valence-electron chi connectivity index (χ2n) is 6.15. The number of amides is 1. The zero-order chi connectivity index (χ0) is 17.8. The molecule has 0 spiro atoms. The first-order valence-electron chi connectivity index (χ1n) is 8.38. The summed E-state index contributed by atoms with van der Waals surface area (Å²) in [4.78, 5) is 22.5. The third-order valence-corrected chi connectivity index (χ3v) is 4.47. The molecule has 25 heavy (non-hydrogen) atoms. The maximum Gasteiger partial charge on any atom is 0.278 e. The van der Waals surface area contributed by atoms with E-state index in [0.29, 0.717) is 37.7 Å². The van der Waals surface area contributed by atoms with Gasteiger partial charge in [-0.25, -0.2) is 9.97 Å². The highest BCUT2D eigenvalue weighted by atomic mass is 16.5. The predicted octanol–water partition coefficient (Wildman–Crippen LogP) is 1.44. The van der Waals surface area contributed by atoms with Gasteiger partial charge in [-0.3, -0.25) is 9.89 Å². The zero-order valence-electron chi connectivity index (χ0n) is 14.8. The number of aryl methyl sites for hydroxylation is 2. The predicted molar refractivity (Wildman–Crippen MR) is 90.6 cm³/mol. The quantitative estimate of drug-likeness (QED) is 0.851. The van der Waals surface area contributed by atoms with Crippen LogP contribution in [-0.2, 0) is 11.2 Å². The van der Waals surface area contributed by atoms with Gasteiger partial charge >= 0.3 is 0 Å². The molecular formula is C17H23N5O3. The minimum atomic E-state index is -0.0908. The summed E-state index contributed by atoms with van der Waals surface area (Å²) in [5, 5.41) is 7.13. The van der Waals surface area contributed by atoms with Gasteiger partial charge in [0.05, 0.1) is 19.3 Å². The average Bonchev–Trinajstić information content (AvgIpc) is 3.21. The lowest BCUT2D eigenvalue weighted by Gasteiger charge is -2.17. The number of rotatable bonds is 6. The van der Waals surface area contributed by atoms with Gasteiger partial charge in [0.1, 0.15) is 6.10 Å². The van der Waals surface area contributed by atoms with Crippen molar-refractivity contribution in [1.82, 2.24) is 25.1 Å². The van der Waals surface area contributed by atoms with Crippen LogP contribution in [0.5, 0.6) is 11.8 Å². The van der Waals surface area contributed by atoms with E-state index in [2.05, 4.69) is 20.2 Å². The van der Waals surface area contributed by atoms with E-state index < -0.39 is 0 Å². The van der Waals surface area contributed by atoms with Crippen LogP contribution >= 0.6 is 0 Å². The van der Waals surface area contributed by atoms with Crippen molar-refractivity contribution < 1.29 is 14.3 Å². The van der Waals surface area contributed by atoms with Crippen molar-refractivity contribution >= 4 is 5.91 Å². The molecule has 1 unspecified atom stereocenters. The van der Waals surface area contributed by atoms with Crippen molar-refractivity contribution in [1.29, 1.82) is 0 Å². The number of likely N-dealkylation sites (tertiary alicyclic amines) is 1. The molecule has 0 aromatic carbocycles. The number of nitrogens with one attached hydrogen (secondary N) is 1. The highest BCUT2D eigenvalue weighted by Crippen LogP contribution is 2.24. The van der Waals surface area contributed by atoms with Crippen molar-refractivity contribution in [3.05, 3.63) is 29.3 Å². The molecular weight excluding hydrogens is 322 g/mol. The number of aromatic nitrogens is 4. The van der Waals surface area contributed by atoms with Gasteiger partial charge in [0, 0.05) is 37.5 Å². The van der Waals surface area contributed by atoms with Crippen LogP contribution in [-0.4, -0.2) is 57.3 Å². The molecule has 8 heteroatoms. The van der Waals surface area contributed by atoms with E-state index >= 15 is 0 Å². The number of carbonyl (C=O) groups excluding carboxylic acids is 1. The summed E-state index contributed by atoms with van der Waals surface area (Å²) in [7, 11) is 1.53.